The zero-order valence-electron chi connectivity index (χ0n) is 11.5. The molecular formula is C13H21N5O. The van der Waals surface area contributed by atoms with E-state index in [2.05, 4.69) is 32.4 Å². The summed E-state index contributed by atoms with van der Waals surface area (Å²) in [6.07, 6.45) is 5.25. The number of carbonyl (C=O) groups is 1. The molecule has 104 valence electrons. The number of rotatable bonds is 4. The summed E-state index contributed by atoms with van der Waals surface area (Å²) in [5.41, 5.74) is 0.362. The predicted molar refractivity (Wildman–Crippen MR) is 74.2 cm³/mol. The molecule has 0 aromatic carbocycles. The molecule has 6 nitrogen and oxygen atoms in total. The Bertz CT molecular complexity index is 437. The molecule has 1 saturated heterocycles. The van der Waals surface area contributed by atoms with Crippen LogP contribution in [0.4, 0.5) is 5.82 Å². The lowest BCUT2D eigenvalue weighted by atomic mass is 10.1. The lowest BCUT2D eigenvalue weighted by Gasteiger charge is -2.32. The van der Waals surface area contributed by atoms with Crippen LogP contribution in [-0.2, 0) is 0 Å². The molecular weight excluding hydrogens is 242 g/mol. The molecule has 6 heteroatoms. The fourth-order valence-corrected chi connectivity index (χ4v) is 2.32. The summed E-state index contributed by atoms with van der Waals surface area (Å²) in [5, 5.41) is 5.92. The molecule has 1 aromatic rings. The van der Waals surface area contributed by atoms with Crippen LogP contribution in [0.15, 0.2) is 12.4 Å². The monoisotopic (exact) mass is 263 g/mol. The summed E-state index contributed by atoms with van der Waals surface area (Å²) < 4.78 is 0. The van der Waals surface area contributed by atoms with Crippen molar-refractivity contribution in [2.24, 2.45) is 0 Å². The molecule has 0 aliphatic carbocycles. The molecule has 1 fully saturated rings. The maximum atomic E-state index is 12.1. The minimum Gasteiger partial charge on any atom is -0.372 e. The fraction of sp³-hybridized carbons (Fsp3) is 0.615. The second kappa shape index (κ2) is 6.47. The van der Waals surface area contributed by atoms with E-state index in [1.54, 1.807) is 13.2 Å². The maximum absolute atomic E-state index is 12.1. The molecule has 0 spiro atoms. The van der Waals surface area contributed by atoms with E-state index in [-0.39, 0.29) is 11.9 Å². The van der Waals surface area contributed by atoms with E-state index in [4.69, 9.17) is 0 Å². The highest BCUT2D eigenvalue weighted by Gasteiger charge is 2.21. The molecule has 2 rings (SSSR count). The van der Waals surface area contributed by atoms with Gasteiger partial charge in [0.1, 0.15) is 11.5 Å². The SMILES string of the molecule is CCN1CCCC(NC(=O)c2cncc(NC)n2)C1. The minimum absolute atomic E-state index is 0.146. The Morgan fingerprint density at radius 3 is 3.11 bits per heavy atom. The normalized spacial score (nSPS) is 20.0. The molecule has 0 saturated carbocycles. The number of likely N-dealkylation sites (tertiary alicyclic amines) is 1. The molecule has 1 amide bonds. The van der Waals surface area contributed by atoms with Gasteiger partial charge in [-0.05, 0) is 25.9 Å². The number of anilines is 1. The summed E-state index contributed by atoms with van der Waals surface area (Å²) in [7, 11) is 1.76. The lowest BCUT2D eigenvalue weighted by Crippen LogP contribution is -2.47. The first kappa shape index (κ1) is 13.7. The van der Waals surface area contributed by atoms with Gasteiger partial charge in [0.05, 0.1) is 12.4 Å². The van der Waals surface area contributed by atoms with Crippen LogP contribution < -0.4 is 10.6 Å². The zero-order valence-corrected chi connectivity index (χ0v) is 11.5. The van der Waals surface area contributed by atoms with Crippen molar-refractivity contribution in [3.63, 3.8) is 0 Å². The number of hydrogen-bond acceptors (Lipinski definition) is 5. The van der Waals surface area contributed by atoms with Gasteiger partial charge in [-0.3, -0.25) is 9.78 Å². The van der Waals surface area contributed by atoms with Crippen molar-refractivity contribution in [3.05, 3.63) is 18.1 Å². The first-order valence-corrected chi connectivity index (χ1v) is 6.76. The number of likely N-dealkylation sites (N-methyl/N-ethyl adjacent to an activating group) is 1. The van der Waals surface area contributed by atoms with E-state index in [1.807, 2.05) is 0 Å². The molecule has 1 atom stereocenters. The van der Waals surface area contributed by atoms with Gasteiger partial charge in [-0.25, -0.2) is 4.98 Å². The van der Waals surface area contributed by atoms with Crippen molar-refractivity contribution in [3.8, 4) is 0 Å². The Balaban J connectivity index is 1.96. The van der Waals surface area contributed by atoms with Crippen molar-refractivity contribution in [2.45, 2.75) is 25.8 Å². The molecule has 1 aliphatic rings. The van der Waals surface area contributed by atoms with Gasteiger partial charge in [-0.15, -0.1) is 0 Å². The molecule has 19 heavy (non-hydrogen) atoms. The zero-order chi connectivity index (χ0) is 13.7. The van der Waals surface area contributed by atoms with Crippen molar-refractivity contribution >= 4 is 11.7 Å². The van der Waals surface area contributed by atoms with Gasteiger partial charge >= 0.3 is 0 Å². The van der Waals surface area contributed by atoms with Gasteiger partial charge in [-0.1, -0.05) is 6.92 Å². The molecule has 2 heterocycles. The largest absolute Gasteiger partial charge is 0.372 e. The number of carbonyl (C=O) groups excluding carboxylic acids is 1. The van der Waals surface area contributed by atoms with E-state index in [1.165, 1.54) is 6.20 Å². The van der Waals surface area contributed by atoms with Gasteiger partial charge in [0, 0.05) is 19.6 Å². The second-order valence-electron chi connectivity index (χ2n) is 4.75. The topological polar surface area (TPSA) is 70.2 Å². The van der Waals surface area contributed by atoms with Crippen LogP contribution in [0.5, 0.6) is 0 Å². The van der Waals surface area contributed by atoms with Crippen molar-refractivity contribution in [1.29, 1.82) is 0 Å². The third-order valence-electron chi connectivity index (χ3n) is 3.41. The lowest BCUT2D eigenvalue weighted by molar-refractivity contribution is 0.0900. The number of piperidine rings is 1. The van der Waals surface area contributed by atoms with E-state index in [9.17, 15) is 4.79 Å². The average Bonchev–Trinajstić information content (AvgIpc) is 2.47. The molecule has 0 bridgehead atoms. The van der Waals surface area contributed by atoms with E-state index < -0.39 is 0 Å². The van der Waals surface area contributed by atoms with Crippen LogP contribution >= 0.6 is 0 Å². The Hall–Kier alpha value is -1.69. The van der Waals surface area contributed by atoms with Gasteiger partial charge in [-0.2, -0.15) is 0 Å². The second-order valence-corrected chi connectivity index (χ2v) is 4.75. The fourth-order valence-electron chi connectivity index (χ4n) is 2.32. The van der Waals surface area contributed by atoms with Crippen LogP contribution in [0.1, 0.15) is 30.3 Å². The quantitative estimate of drug-likeness (QED) is 0.838. The minimum atomic E-state index is -0.146. The summed E-state index contributed by atoms with van der Waals surface area (Å²) in [4.78, 5) is 22.7. The van der Waals surface area contributed by atoms with Gasteiger partial charge < -0.3 is 15.5 Å². The molecule has 0 radical (unpaired) electrons. The van der Waals surface area contributed by atoms with Crippen molar-refractivity contribution in [1.82, 2.24) is 20.2 Å². The van der Waals surface area contributed by atoms with Crippen LogP contribution in [-0.4, -0.2) is 53.5 Å². The number of hydrogen-bond donors (Lipinski definition) is 2. The molecule has 2 N–H and O–H groups in total. The predicted octanol–water partition coefficient (Wildman–Crippen LogP) is 0.732. The number of aromatic nitrogens is 2. The van der Waals surface area contributed by atoms with E-state index in [0.29, 0.717) is 11.5 Å². The van der Waals surface area contributed by atoms with Crippen molar-refractivity contribution in [2.75, 3.05) is 32.0 Å². The standard InChI is InChI=1S/C13H21N5O/c1-3-18-6-4-5-10(9-18)16-13(19)11-7-15-8-12(14-2)17-11/h7-8,10H,3-6,9H2,1-2H3,(H,14,17)(H,16,19). The summed E-state index contributed by atoms with van der Waals surface area (Å²) in [5.74, 6) is 0.457. The van der Waals surface area contributed by atoms with Crippen LogP contribution in [0, 0.1) is 0 Å². The molecule has 1 aromatic heterocycles. The van der Waals surface area contributed by atoms with Crippen LogP contribution in [0.3, 0.4) is 0 Å². The summed E-state index contributed by atoms with van der Waals surface area (Å²) >= 11 is 0. The third-order valence-corrected chi connectivity index (χ3v) is 3.41. The average molecular weight is 263 g/mol. The highest BCUT2D eigenvalue weighted by Crippen LogP contribution is 2.10. The molecule has 1 aliphatic heterocycles. The number of amides is 1. The first-order chi connectivity index (χ1) is 9.22. The van der Waals surface area contributed by atoms with Crippen molar-refractivity contribution < 1.29 is 4.79 Å². The Morgan fingerprint density at radius 2 is 2.37 bits per heavy atom. The third kappa shape index (κ3) is 3.64. The van der Waals surface area contributed by atoms with Crippen LogP contribution in [0.2, 0.25) is 0 Å². The number of nitrogens with zero attached hydrogens (tertiary/aromatic N) is 3. The van der Waals surface area contributed by atoms with Gasteiger partial charge in [0.2, 0.25) is 0 Å². The Labute approximate surface area is 113 Å². The summed E-state index contributed by atoms with van der Waals surface area (Å²) in [6, 6.07) is 0.209. The Morgan fingerprint density at radius 1 is 1.53 bits per heavy atom. The van der Waals surface area contributed by atoms with Gasteiger partial charge in [0.25, 0.3) is 5.91 Å². The maximum Gasteiger partial charge on any atom is 0.271 e. The highest BCUT2D eigenvalue weighted by molar-refractivity contribution is 5.92. The highest BCUT2D eigenvalue weighted by atomic mass is 16.2. The van der Waals surface area contributed by atoms with Crippen LogP contribution in [0.25, 0.3) is 0 Å². The number of nitrogens with one attached hydrogen (secondary N) is 2. The smallest absolute Gasteiger partial charge is 0.271 e. The summed E-state index contributed by atoms with van der Waals surface area (Å²) in [6.45, 7) is 5.22. The van der Waals surface area contributed by atoms with Gasteiger partial charge in [0.15, 0.2) is 0 Å². The molecule has 1 unspecified atom stereocenters. The van der Waals surface area contributed by atoms with E-state index >= 15 is 0 Å². The first-order valence-electron chi connectivity index (χ1n) is 6.76. The van der Waals surface area contributed by atoms with E-state index in [0.717, 1.165) is 32.5 Å². The Kier molecular flexibility index (Phi) is 4.68.